The molecule has 0 atom stereocenters. The second kappa shape index (κ2) is 14.8. The van der Waals surface area contributed by atoms with Crippen molar-refractivity contribution >= 4 is 44.6 Å². The molecule has 0 aliphatic carbocycles. The SMILES string of the molecule is O=C(O)CN1CCN(CC(=O)O)CCN(CC(=O)NS(=O)(=O)c2ccc3ccccc3c2)CCN(CC(=O)O)CC1. The van der Waals surface area contributed by atoms with Crippen molar-refractivity contribution < 1.29 is 42.9 Å². The van der Waals surface area contributed by atoms with E-state index < -0.39 is 33.8 Å². The van der Waals surface area contributed by atoms with Crippen molar-refractivity contribution in [3.8, 4) is 0 Å². The van der Waals surface area contributed by atoms with Crippen LogP contribution in [0.1, 0.15) is 0 Å². The summed E-state index contributed by atoms with van der Waals surface area (Å²) >= 11 is 0. The summed E-state index contributed by atoms with van der Waals surface area (Å²) in [6, 6.07) is 11.7. The number of carbonyl (C=O) groups is 4. The third kappa shape index (κ3) is 10.7. The van der Waals surface area contributed by atoms with E-state index in [9.17, 15) is 42.9 Å². The van der Waals surface area contributed by atoms with Gasteiger partial charge in [0, 0.05) is 52.4 Å². The lowest BCUT2D eigenvalue weighted by Crippen LogP contribution is -2.50. The van der Waals surface area contributed by atoms with Crippen molar-refractivity contribution in [2.24, 2.45) is 0 Å². The molecule has 0 bridgehead atoms. The summed E-state index contributed by atoms with van der Waals surface area (Å²) in [6.45, 7) is 0.533. The Morgan fingerprint density at radius 3 is 1.41 bits per heavy atom. The molecule has 3 rings (SSSR count). The van der Waals surface area contributed by atoms with E-state index in [0.29, 0.717) is 5.39 Å². The summed E-state index contributed by atoms with van der Waals surface area (Å²) in [5, 5.41) is 29.5. The lowest BCUT2D eigenvalue weighted by atomic mass is 10.1. The van der Waals surface area contributed by atoms with Crippen molar-refractivity contribution in [1.29, 1.82) is 0 Å². The van der Waals surface area contributed by atoms with Gasteiger partial charge in [0.2, 0.25) is 5.91 Å². The van der Waals surface area contributed by atoms with E-state index in [1.165, 1.54) is 12.1 Å². The lowest BCUT2D eigenvalue weighted by Gasteiger charge is -2.32. The predicted octanol–water partition coefficient (Wildman–Crippen LogP) is -0.880. The number of sulfonamides is 1. The molecule has 14 nitrogen and oxygen atoms in total. The molecular weight excluding hydrogens is 558 g/mol. The first-order valence-electron chi connectivity index (χ1n) is 13.0. The molecule has 0 saturated carbocycles. The highest BCUT2D eigenvalue weighted by Gasteiger charge is 2.23. The van der Waals surface area contributed by atoms with Crippen LogP contribution in [0.3, 0.4) is 0 Å². The maximum Gasteiger partial charge on any atom is 0.317 e. The molecule has 0 aromatic heterocycles. The molecule has 15 heteroatoms. The van der Waals surface area contributed by atoms with Gasteiger partial charge in [-0.25, -0.2) is 13.1 Å². The Morgan fingerprint density at radius 1 is 0.610 bits per heavy atom. The molecule has 1 aliphatic rings. The standard InChI is InChI=1S/C26H35N5O9S/c32-23(27-41(39,40)22-6-5-20-3-1-2-4-21(20)15-22)16-28-7-9-29(17-24(33)34)11-13-31(19-26(37)38)14-12-30(10-8-28)18-25(35)36/h1-6,15H,7-14,16-19H2,(H,27,32)(H,33,34)(H,35,36)(H,37,38). The number of carboxylic acid groups (broad SMARTS) is 3. The first-order chi connectivity index (χ1) is 19.4. The molecule has 1 fully saturated rings. The monoisotopic (exact) mass is 593 g/mol. The molecule has 41 heavy (non-hydrogen) atoms. The minimum absolute atomic E-state index is 0.0653. The molecule has 224 valence electrons. The molecular formula is C26H35N5O9S. The molecule has 0 unspecified atom stereocenters. The van der Waals surface area contributed by atoms with Gasteiger partial charge in [-0.15, -0.1) is 0 Å². The van der Waals surface area contributed by atoms with Gasteiger partial charge < -0.3 is 15.3 Å². The highest BCUT2D eigenvalue weighted by atomic mass is 32.2. The van der Waals surface area contributed by atoms with Gasteiger partial charge in [-0.1, -0.05) is 30.3 Å². The molecule has 1 heterocycles. The first kappa shape index (κ1) is 31.9. The fraction of sp³-hybridized carbons (Fsp3) is 0.462. The molecule has 2 aromatic carbocycles. The summed E-state index contributed by atoms with van der Waals surface area (Å²) in [4.78, 5) is 53.5. The highest BCUT2D eigenvalue weighted by molar-refractivity contribution is 7.90. The smallest absolute Gasteiger partial charge is 0.317 e. The van der Waals surface area contributed by atoms with Gasteiger partial charge in [-0.05, 0) is 22.9 Å². The van der Waals surface area contributed by atoms with Gasteiger partial charge >= 0.3 is 17.9 Å². The van der Waals surface area contributed by atoms with Gasteiger partial charge in [0.05, 0.1) is 31.1 Å². The normalized spacial score (nSPS) is 17.4. The van der Waals surface area contributed by atoms with Crippen LogP contribution in [0.5, 0.6) is 0 Å². The Morgan fingerprint density at radius 2 is 1.00 bits per heavy atom. The number of hydrogen-bond acceptors (Lipinski definition) is 10. The fourth-order valence-corrected chi connectivity index (χ4v) is 5.58. The molecule has 0 radical (unpaired) electrons. The summed E-state index contributed by atoms with van der Waals surface area (Å²) in [5.74, 6) is -3.98. The van der Waals surface area contributed by atoms with E-state index in [1.807, 2.05) is 12.1 Å². The van der Waals surface area contributed by atoms with Crippen molar-refractivity contribution in [3.63, 3.8) is 0 Å². The van der Waals surface area contributed by atoms with Crippen LogP contribution >= 0.6 is 0 Å². The Hall–Kier alpha value is -3.63. The molecule has 4 N–H and O–H groups in total. The average Bonchev–Trinajstić information content (AvgIpc) is 2.88. The number of carbonyl (C=O) groups excluding carboxylic acids is 1. The Labute approximate surface area is 237 Å². The van der Waals surface area contributed by atoms with Crippen LogP contribution < -0.4 is 4.72 Å². The minimum Gasteiger partial charge on any atom is -0.480 e. The third-order valence-electron chi connectivity index (χ3n) is 6.65. The van der Waals surface area contributed by atoms with E-state index in [-0.39, 0.29) is 83.4 Å². The number of nitrogens with one attached hydrogen (secondary N) is 1. The van der Waals surface area contributed by atoms with E-state index in [0.717, 1.165) is 5.39 Å². The molecule has 1 aliphatic heterocycles. The van der Waals surface area contributed by atoms with E-state index in [1.54, 1.807) is 37.8 Å². The predicted molar refractivity (Wildman–Crippen MR) is 148 cm³/mol. The van der Waals surface area contributed by atoms with Gasteiger partial charge in [0.15, 0.2) is 0 Å². The zero-order chi connectivity index (χ0) is 30.0. The van der Waals surface area contributed by atoms with Gasteiger partial charge in [-0.2, -0.15) is 0 Å². The summed E-state index contributed by atoms with van der Waals surface area (Å²) in [5.41, 5.74) is 0. The number of aliphatic carboxylic acids is 3. The van der Waals surface area contributed by atoms with Gasteiger partial charge in [0.1, 0.15) is 0 Å². The average molecular weight is 594 g/mol. The second-order valence-corrected chi connectivity index (χ2v) is 11.5. The zero-order valence-electron chi connectivity index (χ0n) is 22.5. The quantitative estimate of drug-likeness (QED) is 0.266. The Bertz CT molecular complexity index is 1320. The van der Waals surface area contributed by atoms with Crippen LogP contribution in [0, 0.1) is 0 Å². The van der Waals surface area contributed by atoms with Gasteiger partial charge in [0.25, 0.3) is 10.0 Å². The molecule has 1 amide bonds. The van der Waals surface area contributed by atoms with Crippen molar-refractivity contribution in [2.75, 3.05) is 78.5 Å². The Balaban J connectivity index is 1.73. The second-order valence-electron chi connectivity index (χ2n) is 9.82. The minimum atomic E-state index is -4.17. The zero-order valence-corrected chi connectivity index (χ0v) is 23.3. The number of benzene rings is 2. The maximum atomic E-state index is 12.9. The Kier molecular flexibility index (Phi) is 11.5. The van der Waals surface area contributed by atoms with Crippen molar-refractivity contribution in [1.82, 2.24) is 24.3 Å². The number of amides is 1. The number of carboxylic acids is 3. The number of rotatable bonds is 10. The number of nitrogens with zero attached hydrogens (tertiary/aromatic N) is 4. The van der Waals surface area contributed by atoms with Crippen LogP contribution in [0.4, 0.5) is 0 Å². The van der Waals surface area contributed by atoms with E-state index in [2.05, 4.69) is 4.72 Å². The maximum absolute atomic E-state index is 12.9. The number of hydrogen-bond donors (Lipinski definition) is 4. The van der Waals surface area contributed by atoms with Crippen LogP contribution in [0.25, 0.3) is 10.8 Å². The van der Waals surface area contributed by atoms with Crippen molar-refractivity contribution in [3.05, 3.63) is 42.5 Å². The summed E-state index contributed by atoms with van der Waals surface area (Å²) in [6.07, 6.45) is 0. The van der Waals surface area contributed by atoms with Crippen LogP contribution in [0.15, 0.2) is 47.4 Å². The van der Waals surface area contributed by atoms with E-state index >= 15 is 0 Å². The molecule has 2 aromatic rings. The topological polar surface area (TPSA) is 188 Å². The fourth-order valence-electron chi connectivity index (χ4n) is 4.56. The number of fused-ring (bicyclic) bond motifs is 1. The van der Waals surface area contributed by atoms with Crippen LogP contribution in [-0.2, 0) is 29.2 Å². The van der Waals surface area contributed by atoms with Crippen LogP contribution in [-0.4, -0.2) is 146 Å². The summed E-state index contributed by atoms with van der Waals surface area (Å²) < 4.78 is 28.0. The van der Waals surface area contributed by atoms with Gasteiger partial charge in [-0.3, -0.25) is 38.8 Å². The first-order valence-corrected chi connectivity index (χ1v) is 14.5. The molecule has 1 saturated heterocycles. The lowest BCUT2D eigenvalue weighted by molar-refractivity contribution is -0.140. The third-order valence-corrected chi connectivity index (χ3v) is 8.02. The van der Waals surface area contributed by atoms with Crippen LogP contribution in [0.2, 0.25) is 0 Å². The summed E-state index contributed by atoms with van der Waals surface area (Å²) in [7, 11) is -4.17. The largest absolute Gasteiger partial charge is 0.480 e. The highest BCUT2D eigenvalue weighted by Crippen LogP contribution is 2.18. The molecule has 0 spiro atoms. The van der Waals surface area contributed by atoms with Crippen molar-refractivity contribution in [2.45, 2.75) is 4.90 Å². The van der Waals surface area contributed by atoms with E-state index in [4.69, 9.17) is 0 Å².